The minimum Gasteiger partial charge on any atom is -0.391 e. The summed E-state index contributed by atoms with van der Waals surface area (Å²) in [7, 11) is 0. The lowest BCUT2D eigenvalue weighted by atomic mass is 10.1. The van der Waals surface area contributed by atoms with Gasteiger partial charge in [-0.3, -0.25) is 4.98 Å². The van der Waals surface area contributed by atoms with Gasteiger partial charge >= 0.3 is 0 Å². The average Bonchev–Trinajstić information content (AvgIpc) is 2.98. The maximum Gasteiger partial charge on any atom is 0.233 e. The fraction of sp³-hybridized carbons (Fsp3) is 0.364. The molecular formula is C11H10BrN3O2S. The van der Waals surface area contributed by atoms with Gasteiger partial charge in [0.15, 0.2) is 0 Å². The SMILES string of the molecule is OC1CSCC1c1nc(-c2ccc(Br)cn2)no1. The minimum atomic E-state index is -0.402. The molecule has 1 saturated heterocycles. The molecule has 3 rings (SSSR count). The highest BCUT2D eigenvalue weighted by Crippen LogP contribution is 2.32. The average molecular weight is 328 g/mol. The van der Waals surface area contributed by atoms with E-state index in [1.54, 1.807) is 18.0 Å². The van der Waals surface area contributed by atoms with E-state index in [1.165, 1.54) is 0 Å². The van der Waals surface area contributed by atoms with Gasteiger partial charge in [-0.2, -0.15) is 16.7 Å². The van der Waals surface area contributed by atoms with Crippen molar-refractivity contribution in [3.63, 3.8) is 0 Å². The molecule has 0 saturated carbocycles. The first-order valence-electron chi connectivity index (χ1n) is 5.45. The summed E-state index contributed by atoms with van der Waals surface area (Å²) in [6, 6.07) is 3.69. The van der Waals surface area contributed by atoms with E-state index >= 15 is 0 Å². The third-order valence-electron chi connectivity index (χ3n) is 2.77. The van der Waals surface area contributed by atoms with Crippen molar-refractivity contribution in [2.75, 3.05) is 11.5 Å². The number of nitrogens with zero attached hydrogens (tertiary/aromatic N) is 3. The molecule has 1 fully saturated rings. The number of halogens is 1. The van der Waals surface area contributed by atoms with Crippen molar-refractivity contribution >= 4 is 27.7 Å². The number of pyridine rings is 1. The highest BCUT2D eigenvalue weighted by molar-refractivity contribution is 9.10. The van der Waals surface area contributed by atoms with Gasteiger partial charge in [-0.25, -0.2) is 0 Å². The van der Waals surface area contributed by atoms with Gasteiger partial charge in [-0.05, 0) is 28.1 Å². The molecule has 5 nitrogen and oxygen atoms in total. The van der Waals surface area contributed by atoms with Crippen molar-refractivity contribution in [2.45, 2.75) is 12.0 Å². The third kappa shape index (κ3) is 2.30. The molecule has 1 aliphatic heterocycles. The van der Waals surface area contributed by atoms with Crippen LogP contribution in [-0.4, -0.2) is 37.8 Å². The topological polar surface area (TPSA) is 72.0 Å². The van der Waals surface area contributed by atoms with E-state index < -0.39 is 6.10 Å². The van der Waals surface area contributed by atoms with Crippen LogP contribution in [0.15, 0.2) is 27.3 Å². The second-order valence-corrected chi connectivity index (χ2v) is 6.02. The normalized spacial score (nSPS) is 23.4. The van der Waals surface area contributed by atoms with E-state index in [-0.39, 0.29) is 5.92 Å². The van der Waals surface area contributed by atoms with Gasteiger partial charge in [0, 0.05) is 22.2 Å². The van der Waals surface area contributed by atoms with Crippen LogP contribution in [-0.2, 0) is 0 Å². The molecule has 2 aromatic rings. The summed E-state index contributed by atoms with van der Waals surface area (Å²) in [6.07, 6.45) is 1.28. The molecule has 2 unspecified atom stereocenters. The molecule has 94 valence electrons. The highest BCUT2D eigenvalue weighted by Gasteiger charge is 2.32. The number of aromatic nitrogens is 3. The molecule has 1 N–H and O–H groups in total. The maximum atomic E-state index is 9.79. The van der Waals surface area contributed by atoms with Crippen LogP contribution in [0, 0.1) is 0 Å². The molecule has 7 heteroatoms. The number of hydrogen-bond acceptors (Lipinski definition) is 6. The highest BCUT2D eigenvalue weighted by atomic mass is 79.9. The lowest BCUT2D eigenvalue weighted by Gasteiger charge is -2.06. The first-order chi connectivity index (χ1) is 8.74. The van der Waals surface area contributed by atoms with E-state index in [1.807, 2.05) is 12.1 Å². The van der Waals surface area contributed by atoms with Gasteiger partial charge in [0.05, 0.1) is 12.0 Å². The van der Waals surface area contributed by atoms with Crippen LogP contribution in [0.3, 0.4) is 0 Å². The molecule has 1 aliphatic rings. The summed E-state index contributed by atoms with van der Waals surface area (Å²) in [5, 5.41) is 13.7. The van der Waals surface area contributed by atoms with Crippen LogP contribution in [0.5, 0.6) is 0 Å². The van der Waals surface area contributed by atoms with E-state index in [9.17, 15) is 5.11 Å². The van der Waals surface area contributed by atoms with Crippen LogP contribution < -0.4 is 0 Å². The summed E-state index contributed by atoms with van der Waals surface area (Å²) >= 11 is 5.01. The van der Waals surface area contributed by atoms with Gasteiger partial charge in [-0.15, -0.1) is 0 Å². The quantitative estimate of drug-likeness (QED) is 0.910. The largest absolute Gasteiger partial charge is 0.391 e. The molecule has 0 aromatic carbocycles. The summed E-state index contributed by atoms with van der Waals surface area (Å²) in [5.74, 6) is 2.43. The fourth-order valence-corrected chi connectivity index (χ4v) is 3.24. The van der Waals surface area contributed by atoms with Crippen LogP contribution in [0.2, 0.25) is 0 Å². The number of aliphatic hydroxyl groups is 1. The zero-order valence-corrected chi connectivity index (χ0v) is 11.7. The molecule has 0 amide bonds. The Morgan fingerprint density at radius 3 is 2.94 bits per heavy atom. The number of thioether (sulfide) groups is 1. The Labute approximate surface area is 116 Å². The van der Waals surface area contributed by atoms with Crippen molar-refractivity contribution < 1.29 is 9.63 Å². The number of hydrogen-bond donors (Lipinski definition) is 1. The molecule has 2 atom stereocenters. The summed E-state index contributed by atoms with van der Waals surface area (Å²) in [6.45, 7) is 0. The van der Waals surface area contributed by atoms with Crippen LogP contribution >= 0.6 is 27.7 Å². The smallest absolute Gasteiger partial charge is 0.233 e. The Balaban J connectivity index is 1.87. The third-order valence-corrected chi connectivity index (χ3v) is 4.41. The van der Waals surface area contributed by atoms with Gasteiger partial charge in [0.2, 0.25) is 11.7 Å². The molecule has 0 bridgehead atoms. The summed E-state index contributed by atoms with van der Waals surface area (Å²) in [4.78, 5) is 8.52. The predicted molar refractivity (Wildman–Crippen MR) is 71.3 cm³/mol. The Bertz CT molecular complexity index is 545. The number of aliphatic hydroxyl groups excluding tert-OH is 1. The van der Waals surface area contributed by atoms with Crippen molar-refractivity contribution in [1.29, 1.82) is 0 Å². The van der Waals surface area contributed by atoms with E-state index in [0.717, 1.165) is 16.0 Å². The summed E-state index contributed by atoms with van der Waals surface area (Å²) < 4.78 is 6.12. The second-order valence-electron chi connectivity index (χ2n) is 4.03. The first-order valence-corrected chi connectivity index (χ1v) is 7.40. The maximum absolute atomic E-state index is 9.79. The zero-order chi connectivity index (χ0) is 12.5. The molecule has 0 spiro atoms. The Kier molecular flexibility index (Phi) is 3.36. The van der Waals surface area contributed by atoms with Gasteiger partial charge in [0.1, 0.15) is 5.69 Å². The second kappa shape index (κ2) is 4.99. The Morgan fingerprint density at radius 1 is 1.39 bits per heavy atom. The summed E-state index contributed by atoms with van der Waals surface area (Å²) in [5.41, 5.74) is 0.660. The molecule has 0 radical (unpaired) electrons. The molecule has 3 heterocycles. The van der Waals surface area contributed by atoms with Crippen molar-refractivity contribution in [3.8, 4) is 11.5 Å². The van der Waals surface area contributed by atoms with Crippen molar-refractivity contribution in [2.24, 2.45) is 0 Å². The van der Waals surface area contributed by atoms with Crippen molar-refractivity contribution in [1.82, 2.24) is 15.1 Å². The zero-order valence-electron chi connectivity index (χ0n) is 9.28. The molecule has 0 aliphatic carbocycles. The van der Waals surface area contributed by atoms with Crippen molar-refractivity contribution in [3.05, 3.63) is 28.7 Å². The molecule has 18 heavy (non-hydrogen) atoms. The van der Waals surface area contributed by atoms with Gasteiger partial charge in [0.25, 0.3) is 0 Å². The predicted octanol–water partition coefficient (Wildman–Crippen LogP) is 2.09. The first kappa shape index (κ1) is 12.1. The van der Waals surface area contributed by atoms with E-state index in [4.69, 9.17) is 4.52 Å². The van der Waals surface area contributed by atoms with Crippen LogP contribution in [0.4, 0.5) is 0 Å². The van der Waals surface area contributed by atoms with E-state index in [0.29, 0.717) is 17.4 Å². The van der Waals surface area contributed by atoms with Gasteiger partial charge < -0.3 is 9.63 Å². The Morgan fingerprint density at radius 2 is 2.28 bits per heavy atom. The van der Waals surface area contributed by atoms with Gasteiger partial charge in [-0.1, -0.05) is 5.16 Å². The Hall–Kier alpha value is -0.920. The standard InChI is InChI=1S/C11H10BrN3O2S/c12-6-1-2-8(13-3-6)10-14-11(17-15-10)7-4-18-5-9(7)16/h1-3,7,9,16H,4-5H2. The van der Waals surface area contributed by atoms with Crippen LogP contribution in [0.1, 0.15) is 11.8 Å². The van der Waals surface area contributed by atoms with E-state index in [2.05, 4.69) is 31.1 Å². The molecular weight excluding hydrogens is 318 g/mol. The minimum absolute atomic E-state index is 0.0632. The molecule has 2 aromatic heterocycles. The fourth-order valence-electron chi connectivity index (χ4n) is 1.78. The lowest BCUT2D eigenvalue weighted by Crippen LogP contribution is -2.15. The van der Waals surface area contributed by atoms with Crippen LogP contribution in [0.25, 0.3) is 11.5 Å². The number of rotatable bonds is 2. The monoisotopic (exact) mass is 327 g/mol. The lowest BCUT2D eigenvalue weighted by molar-refractivity contribution is 0.164.